The van der Waals surface area contributed by atoms with Gasteiger partial charge in [0.15, 0.2) is 0 Å². The smallest absolute Gasteiger partial charge is 0.409 e. The summed E-state index contributed by atoms with van der Waals surface area (Å²) >= 11 is 0. The number of aromatic nitrogens is 3. The molecule has 0 spiro atoms. The molecule has 0 saturated carbocycles. The summed E-state index contributed by atoms with van der Waals surface area (Å²) in [6, 6.07) is 0. The van der Waals surface area contributed by atoms with Gasteiger partial charge in [0.1, 0.15) is 11.7 Å². The molecular weight excluding hydrogens is 265 g/mol. The summed E-state index contributed by atoms with van der Waals surface area (Å²) in [5.74, 6) is -0.598. The zero-order valence-corrected chi connectivity index (χ0v) is 9.93. The zero-order chi connectivity index (χ0) is 14.0. The monoisotopic (exact) mass is 278 g/mol. The maximum atomic E-state index is 12.6. The maximum absolute atomic E-state index is 12.6. The second-order valence-electron chi connectivity index (χ2n) is 4.21. The highest BCUT2D eigenvalue weighted by Gasteiger charge is 2.39. The van der Waals surface area contributed by atoms with Gasteiger partial charge in [-0.2, -0.15) is 13.2 Å². The molecule has 0 amide bonds. The third-order valence-corrected chi connectivity index (χ3v) is 2.90. The van der Waals surface area contributed by atoms with Crippen LogP contribution in [-0.2, 0) is 19.3 Å². The molecule has 7 nitrogen and oxygen atoms in total. The molecule has 0 fully saturated rings. The van der Waals surface area contributed by atoms with E-state index >= 15 is 0 Å². The molecule has 1 aromatic heterocycles. The van der Waals surface area contributed by atoms with Crippen LogP contribution in [0, 0.1) is 0 Å². The van der Waals surface area contributed by atoms with Crippen LogP contribution >= 0.6 is 0 Å². The van der Waals surface area contributed by atoms with E-state index in [2.05, 4.69) is 15.4 Å². The second kappa shape index (κ2) is 5.03. The van der Waals surface area contributed by atoms with Crippen LogP contribution in [-0.4, -0.2) is 43.8 Å². The minimum atomic E-state index is -4.48. The van der Waals surface area contributed by atoms with Gasteiger partial charge in [-0.15, -0.1) is 10.2 Å². The molecule has 106 valence electrons. The fraction of sp³-hybridized carbons (Fsp3) is 0.667. The number of oxime groups is 1. The van der Waals surface area contributed by atoms with Crippen LogP contribution in [0.15, 0.2) is 5.16 Å². The molecule has 10 heteroatoms. The van der Waals surface area contributed by atoms with Crippen molar-refractivity contribution in [3.05, 3.63) is 11.6 Å². The molecule has 19 heavy (non-hydrogen) atoms. The Kier molecular flexibility index (Phi) is 3.60. The fourth-order valence-corrected chi connectivity index (χ4v) is 1.93. The van der Waals surface area contributed by atoms with E-state index in [9.17, 15) is 13.2 Å². The first-order valence-corrected chi connectivity index (χ1v) is 5.60. The summed E-state index contributed by atoms with van der Waals surface area (Å²) in [5.41, 5.74) is 5.34. The fourth-order valence-electron chi connectivity index (χ4n) is 1.93. The predicted molar refractivity (Wildman–Crippen MR) is 58.3 cm³/mol. The molecule has 1 aliphatic heterocycles. The first kappa shape index (κ1) is 13.6. The first-order valence-electron chi connectivity index (χ1n) is 5.60. The number of halogens is 3. The lowest BCUT2D eigenvalue weighted by molar-refractivity contribution is -0.148. The van der Waals surface area contributed by atoms with Gasteiger partial charge in [-0.05, 0) is 0 Å². The molecule has 1 aromatic rings. The summed E-state index contributed by atoms with van der Waals surface area (Å²) in [4.78, 5) is 1.88. The zero-order valence-electron chi connectivity index (χ0n) is 9.93. The molecule has 0 bridgehead atoms. The number of rotatable bonds is 3. The highest BCUT2D eigenvalue weighted by Crippen LogP contribution is 2.29. The van der Waals surface area contributed by atoms with Gasteiger partial charge in [-0.1, -0.05) is 5.16 Å². The summed E-state index contributed by atoms with van der Waals surface area (Å²) in [5, 5.41) is 18.0. The number of alkyl halides is 3. The third kappa shape index (κ3) is 2.95. The summed E-state index contributed by atoms with van der Waals surface area (Å²) in [6.45, 7) is 1.37. The summed E-state index contributed by atoms with van der Waals surface area (Å²) in [7, 11) is 0. The molecule has 2 rings (SSSR count). The molecule has 1 aliphatic rings. The lowest BCUT2D eigenvalue weighted by Gasteiger charge is -2.27. The SMILES string of the molecule is NC(CCN1CCn2c(nnc2C(F)(F)F)C1)=NO. The van der Waals surface area contributed by atoms with Crippen molar-refractivity contribution in [2.75, 3.05) is 13.1 Å². The van der Waals surface area contributed by atoms with Crippen LogP contribution in [0.4, 0.5) is 13.2 Å². The van der Waals surface area contributed by atoms with Gasteiger partial charge in [0, 0.05) is 26.1 Å². The van der Waals surface area contributed by atoms with Crippen molar-refractivity contribution < 1.29 is 18.4 Å². The Morgan fingerprint density at radius 3 is 2.74 bits per heavy atom. The van der Waals surface area contributed by atoms with Gasteiger partial charge in [-0.3, -0.25) is 4.90 Å². The van der Waals surface area contributed by atoms with Crippen molar-refractivity contribution in [1.82, 2.24) is 19.7 Å². The normalized spacial score (nSPS) is 17.5. The molecule has 3 N–H and O–H groups in total. The van der Waals surface area contributed by atoms with Crippen LogP contribution < -0.4 is 5.73 Å². The van der Waals surface area contributed by atoms with E-state index in [-0.39, 0.29) is 24.7 Å². The highest BCUT2D eigenvalue weighted by molar-refractivity contribution is 5.79. The Hall–Kier alpha value is -1.84. The number of nitrogens with zero attached hydrogens (tertiary/aromatic N) is 5. The van der Waals surface area contributed by atoms with Gasteiger partial charge in [0.05, 0.1) is 6.54 Å². The van der Waals surface area contributed by atoms with E-state index in [0.717, 1.165) is 4.57 Å². The van der Waals surface area contributed by atoms with Gasteiger partial charge in [-0.25, -0.2) is 0 Å². The predicted octanol–water partition coefficient (Wildman–Crippen LogP) is 0.249. The van der Waals surface area contributed by atoms with E-state index in [1.165, 1.54) is 0 Å². The van der Waals surface area contributed by atoms with Crippen LogP contribution in [0.2, 0.25) is 0 Å². The van der Waals surface area contributed by atoms with E-state index in [4.69, 9.17) is 10.9 Å². The van der Waals surface area contributed by atoms with Gasteiger partial charge in [0.25, 0.3) is 0 Å². The number of hydrogen-bond donors (Lipinski definition) is 2. The van der Waals surface area contributed by atoms with E-state index in [1.807, 2.05) is 4.90 Å². The number of amidine groups is 1. The molecule has 0 radical (unpaired) electrons. The highest BCUT2D eigenvalue weighted by atomic mass is 19.4. The average Bonchev–Trinajstić information content (AvgIpc) is 2.78. The van der Waals surface area contributed by atoms with Crippen molar-refractivity contribution in [3.8, 4) is 0 Å². The van der Waals surface area contributed by atoms with Crippen LogP contribution in [0.5, 0.6) is 0 Å². The van der Waals surface area contributed by atoms with Crippen molar-refractivity contribution in [2.24, 2.45) is 10.9 Å². The standard InChI is InChI=1S/C9H13F3N6O/c10-9(11,12)8-15-14-7-5-17(3-4-18(7)8)2-1-6(13)16-19/h19H,1-5H2,(H2,13,16). The van der Waals surface area contributed by atoms with E-state index < -0.39 is 12.0 Å². The van der Waals surface area contributed by atoms with Gasteiger partial charge >= 0.3 is 6.18 Å². The first-order chi connectivity index (χ1) is 8.91. The lowest BCUT2D eigenvalue weighted by atomic mass is 10.3. The summed E-state index contributed by atoms with van der Waals surface area (Å²) < 4.78 is 38.9. The van der Waals surface area contributed by atoms with Gasteiger partial charge < -0.3 is 15.5 Å². The minimum Gasteiger partial charge on any atom is -0.409 e. The van der Waals surface area contributed by atoms with Crippen LogP contribution in [0.25, 0.3) is 0 Å². The van der Waals surface area contributed by atoms with Crippen LogP contribution in [0.1, 0.15) is 18.1 Å². The number of nitrogens with two attached hydrogens (primary N) is 1. The number of hydrogen-bond acceptors (Lipinski definition) is 5. The Morgan fingerprint density at radius 1 is 1.37 bits per heavy atom. The molecule has 0 aliphatic carbocycles. The van der Waals surface area contributed by atoms with E-state index in [0.29, 0.717) is 19.5 Å². The number of fused-ring (bicyclic) bond motifs is 1. The largest absolute Gasteiger partial charge is 0.451 e. The Morgan fingerprint density at radius 2 is 2.11 bits per heavy atom. The molecule has 2 heterocycles. The molecule has 0 unspecified atom stereocenters. The van der Waals surface area contributed by atoms with Crippen LogP contribution in [0.3, 0.4) is 0 Å². The Balaban J connectivity index is 2.04. The minimum absolute atomic E-state index is 0.0861. The van der Waals surface area contributed by atoms with Crippen molar-refractivity contribution in [3.63, 3.8) is 0 Å². The second-order valence-corrected chi connectivity index (χ2v) is 4.21. The maximum Gasteiger partial charge on any atom is 0.451 e. The molecule has 0 saturated heterocycles. The Bertz CT molecular complexity index is 483. The topological polar surface area (TPSA) is 92.6 Å². The van der Waals surface area contributed by atoms with Crippen molar-refractivity contribution in [2.45, 2.75) is 25.7 Å². The quantitative estimate of drug-likeness (QED) is 0.358. The molecule has 0 atom stereocenters. The summed E-state index contributed by atoms with van der Waals surface area (Å²) in [6.07, 6.45) is -4.14. The third-order valence-electron chi connectivity index (χ3n) is 2.90. The lowest BCUT2D eigenvalue weighted by Crippen LogP contribution is -2.37. The van der Waals surface area contributed by atoms with Crippen molar-refractivity contribution >= 4 is 5.84 Å². The average molecular weight is 278 g/mol. The Labute approximate surface area is 106 Å². The van der Waals surface area contributed by atoms with E-state index in [1.54, 1.807) is 0 Å². The van der Waals surface area contributed by atoms with Crippen molar-refractivity contribution in [1.29, 1.82) is 0 Å². The molecule has 0 aromatic carbocycles. The molecular formula is C9H13F3N6O. The van der Waals surface area contributed by atoms with Gasteiger partial charge in [0.2, 0.25) is 5.82 Å².